The van der Waals surface area contributed by atoms with Gasteiger partial charge in [0, 0.05) is 22.2 Å². The minimum atomic E-state index is -4.49. The van der Waals surface area contributed by atoms with E-state index in [2.05, 4.69) is 10.3 Å². The molecule has 0 saturated carbocycles. The number of benzene rings is 3. The number of halogens is 3. The molecule has 3 aromatic carbocycles. The Morgan fingerprint density at radius 1 is 1.00 bits per heavy atom. The first-order valence-corrected chi connectivity index (χ1v) is 13.7. The number of carbonyl (C=O) groups excluding carboxylic acids is 1. The number of carbonyl (C=O) groups is 1. The molecule has 1 atom stereocenters. The molecule has 1 aliphatic carbocycles. The minimum absolute atomic E-state index is 0.215. The normalized spacial score (nSPS) is 16.8. The smallest absolute Gasteiger partial charge is 0.416 e. The van der Waals surface area contributed by atoms with E-state index in [9.17, 15) is 23.1 Å². The number of nitrogens with one attached hydrogen (secondary N) is 2. The molecule has 0 bridgehead atoms. The fourth-order valence-electron chi connectivity index (χ4n) is 5.72. The Morgan fingerprint density at radius 2 is 1.69 bits per heavy atom. The minimum Gasteiger partial charge on any atom is -0.493 e. The molecule has 0 fully saturated rings. The van der Waals surface area contributed by atoms with Gasteiger partial charge in [-0.25, -0.2) is 0 Å². The van der Waals surface area contributed by atoms with Crippen molar-refractivity contribution in [2.75, 3.05) is 20.8 Å². The molecule has 4 aromatic rings. The second kappa shape index (κ2) is 11.2. The van der Waals surface area contributed by atoms with Crippen LogP contribution in [0.3, 0.4) is 0 Å². The lowest BCUT2D eigenvalue weighted by Crippen LogP contribution is -2.50. The first kappa shape index (κ1) is 29.3. The number of alkyl halides is 3. The molecule has 42 heavy (non-hydrogen) atoms. The molecule has 0 radical (unpaired) electrons. The number of hydrogen-bond donors (Lipinski definition) is 3. The molecule has 0 aliphatic heterocycles. The first-order valence-electron chi connectivity index (χ1n) is 13.7. The van der Waals surface area contributed by atoms with E-state index in [1.807, 2.05) is 32.0 Å². The number of H-pyrrole nitrogens is 1. The van der Waals surface area contributed by atoms with Crippen LogP contribution in [0.15, 0.2) is 54.6 Å². The number of fused-ring (bicyclic) bond motifs is 3. The third kappa shape index (κ3) is 5.38. The summed E-state index contributed by atoms with van der Waals surface area (Å²) in [5.74, 6) is 0.990. The highest BCUT2D eigenvalue weighted by Gasteiger charge is 2.41. The lowest BCUT2D eigenvalue weighted by molar-refractivity contribution is -0.137. The van der Waals surface area contributed by atoms with Crippen molar-refractivity contribution in [3.8, 4) is 28.4 Å². The van der Waals surface area contributed by atoms with Gasteiger partial charge >= 0.3 is 6.18 Å². The van der Waals surface area contributed by atoms with Crippen molar-refractivity contribution in [2.45, 2.75) is 50.9 Å². The van der Waals surface area contributed by atoms with Crippen LogP contribution in [-0.4, -0.2) is 42.9 Å². The fraction of sp³-hybridized carbons (Fsp3) is 0.344. The van der Waals surface area contributed by atoms with E-state index >= 15 is 0 Å². The van der Waals surface area contributed by atoms with Crippen LogP contribution < -0.4 is 19.5 Å². The van der Waals surface area contributed by atoms with Gasteiger partial charge in [-0.15, -0.1) is 0 Å². The zero-order chi connectivity index (χ0) is 30.2. The van der Waals surface area contributed by atoms with Crippen molar-refractivity contribution in [1.29, 1.82) is 0 Å². The molecule has 0 saturated heterocycles. The zero-order valence-corrected chi connectivity index (χ0v) is 23.8. The number of aryl methyl sites for hydroxylation is 1. The second-order valence-electron chi connectivity index (χ2n) is 10.7. The molecule has 10 heteroatoms. The Labute approximate surface area is 241 Å². The average Bonchev–Trinajstić information content (AvgIpc) is 3.35. The molecule has 222 valence electrons. The van der Waals surface area contributed by atoms with Crippen LogP contribution in [0.4, 0.5) is 13.2 Å². The topological polar surface area (TPSA) is 92.8 Å². The number of aliphatic hydroxyl groups is 1. The SMILES string of the molecule is COc1ccc(-c2ccc(OC(C)C)c(C(=O)NC3(CO)CCCc4[nH]c5cc(C(F)(F)F)ccc5c43)c2)cc1OC. The van der Waals surface area contributed by atoms with E-state index in [0.717, 1.165) is 23.3 Å². The Bertz CT molecular complexity index is 1630. The van der Waals surface area contributed by atoms with E-state index in [-0.39, 0.29) is 11.7 Å². The molecule has 1 aliphatic rings. The predicted octanol–water partition coefficient (Wildman–Crippen LogP) is 6.61. The lowest BCUT2D eigenvalue weighted by Gasteiger charge is -2.37. The van der Waals surface area contributed by atoms with Gasteiger partial charge < -0.3 is 29.6 Å². The van der Waals surface area contributed by atoms with Crippen molar-refractivity contribution in [1.82, 2.24) is 10.3 Å². The summed E-state index contributed by atoms with van der Waals surface area (Å²) in [7, 11) is 3.09. The van der Waals surface area contributed by atoms with Crippen LogP contribution in [-0.2, 0) is 18.1 Å². The van der Waals surface area contributed by atoms with Crippen LogP contribution in [0.1, 0.15) is 53.9 Å². The molecule has 1 aromatic heterocycles. The van der Waals surface area contributed by atoms with Gasteiger partial charge in [-0.05, 0) is 80.6 Å². The van der Waals surface area contributed by atoms with Gasteiger partial charge in [0.15, 0.2) is 11.5 Å². The Kier molecular flexibility index (Phi) is 7.85. The van der Waals surface area contributed by atoms with Crippen LogP contribution in [0, 0.1) is 0 Å². The summed E-state index contributed by atoms with van der Waals surface area (Å²) in [6, 6.07) is 14.2. The highest BCUT2D eigenvalue weighted by molar-refractivity contribution is 5.99. The van der Waals surface area contributed by atoms with Crippen molar-refractivity contribution in [2.24, 2.45) is 0 Å². The molecule has 0 spiro atoms. The van der Waals surface area contributed by atoms with E-state index in [0.29, 0.717) is 58.7 Å². The van der Waals surface area contributed by atoms with Gasteiger partial charge in [-0.3, -0.25) is 4.79 Å². The van der Waals surface area contributed by atoms with E-state index in [1.165, 1.54) is 6.07 Å². The molecule has 7 nitrogen and oxygen atoms in total. The lowest BCUT2D eigenvalue weighted by atomic mass is 9.78. The summed E-state index contributed by atoms with van der Waals surface area (Å²) in [5, 5.41) is 14.3. The molecule has 3 N–H and O–H groups in total. The maximum atomic E-state index is 14.0. The Balaban J connectivity index is 1.57. The van der Waals surface area contributed by atoms with Crippen molar-refractivity contribution < 1.29 is 37.3 Å². The number of aromatic nitrogens is 1. The summed E-state index contributed by atoms with van der Waals surface area (Å²) in [5.41, 5.74) is 1.40. The zero-order valence-electron chi connectivity index (χ0n) is 23.8. The van der Waals surface area contributed by atoms with Gasteiger partial charge in [0.25, 0.3) is 5.91 Å². The van der Waals surface area contributed by atoms with E-state index in [1.54, 1.807) is 32.4 Å². The van der Waals surface area contributed by atoms with Gasteiger partial charge in [0.2, 0.25) is 0 Å². The summed E-state index contributed by atoms with van der Waals surface area (Å²) < 4.78 is 57.0. The van der Waals surface area contributed by atoms with Crippen LogP contribution >= 0.6 is 0 Å². The average molecular weight is 583 g/mol. The molecular weight excluding hydrogens is 549 g/mol. The number of hydrogen-bond acceptors (Lipinski definition) is 5. The van der Waals surface area contributed by atoms with Gasteiger partial charge in [0.1, 0.15) is 5.75 Å². The molecule has 1 unspecified atom stereocenters. The molecular formula is C32H33F3N2O5. The number of rotatable bonds is 8. The summed E-state index contributed by atoms with van der Waals surface area (Å²) in [6.07, 6.45) is -3.10. The highest BCUT2D eigenvalue weighted by Crippen LogP contribution is 2.42. The van der Waals surface area contributed by atoms with E-state index in [4.69, 9.17) is 14.2 Å². The maximum absolute atomic E-state index is 14.0. The quantitative estimate of drug-likeness (QED) is 0.217. The van der Waals surface area contributed by atoms with Crippen LogP contribution in [0.25, 0.3) is 22.0 Å². The Hall–Kier alpha value is -4.18. The third-order valence-corrected chi connectivity index (χ3v) is 7.64. The number of methoxy groups -OCH3 is 2. The largest absolute Gasteiger partial charge is 0.493 e. The Morgan fingerprint density at radius 3 is 2.33 bits per heavy atom. The van der Waals surface area contributed by atoms with Gasteiger partial charge in [-0.1, -0.05) is 18.2 Å². The van der Waals surface area contributed by atoms with Gasteiger partial charge in [0.05, 0.1) is 43.6 Å². The summed E-state index contributed by atoms with van der Waals surface area (Å²) in [6.45, 7) is 3.27. The molecule has 5 rings (SSSR count). The molecule has 1 heterocycles. The third-order valence-electron chi connectivity index (χ3n) is 7.64. The predicted molar refractivity (Wildman–Crippen MR) is 153 cm³/mol. The summed E-state index contributed by atoms with van der Waals surface area (Å²) >= 11 is 0. The monoisotopic (exact) mass is 582 g/mol. The fourth-order valence-corrected chi connectivity index (χ4v) is 5.72. The van der Waals surface area contributed by atoms with Crippen molar-refractivity contribution in [3.63, 3.8) is 0 Å². The number of amides is 1. The number of ether oxygens (including phenoxy) is 3. The standard InChI is InChI=1S/C32H33F3N2O5/c1-18(2)42-26-11-7-19(20-8-12-27(40-3)28(15-20)41-4)14-23(26)30(39)37-31(17-38)13-5-6-24-29(31)22-10-9-21(32(33,34)35)16-25(22)36-24/h7-12,14-16,18,36,38H,5-6,13,17H2,1-4H3,(H,37,39). The molecule has 1 amide bonds. The second-order valence-corrected chi connectivity index (χ2v) is 10.7. The number of aromatic amines is 1. The van der Waals surface area contributed by atoms with Crippen LogP contribution in [0.5, 0.6) is 17.2 Å². The highest BCUT2D eigenvalue weighted by atomic mass is 19.4. The maximum Gasteiger partial charge on any atom is 0.416 e. The van der Waals surface area contributed by atoms with Crippen molar-refractivity contribution >= 4 is 16.8 Å². The van der Waals surface area contributed by atoms with Crippen LogP contribution in [0.2, 0.25) is 0 Å². The number of aliphatic hydroxyl groups excluding tert-OH is 1. The van der Waals surface area contributed by atoms with E-state index < -0.39 is 29.8 Å². The summed E-state index contributed by atoms with van der Waals surface area (Å²) in [4.78, 5) is 17.1. The first-order chi connectivity index (χ1) is 20.0. The van der Waals surface area contributed by atoms with Crippen molar-refractivity contribution in [3.05, 3.63) is 77.0 Å². The van der Waals surface area contributed by atoms with Gasteiger partial charge in [-0.2, -0.15) is 13.2 Å².